The molecule has 0 fully saturated rings. The number of carbonyl (C=O) groups is 1. The predicted molar refractivity (Wildman–Crippen MR) is 105 cm³/mol. The topological polar surface area (TPSA) is 61.4 Å². The number of benzene rings is 3. The quantitative estimate of drug-likeness (QED) is 0.608. The summed E-state index contributed by atoms with van der Waals surface area (Å²) in [7, 11) is 0. The van der Waals surface area contributed by atoms with Crippen LogP contribution in [-0.2, 0) is 6.54 Å². The van der Waals surface area contributed by atoms with E-state index in [2.05, 4.69) is 34.9 Å². The summed E-state index contributed by atoms with van der Waals surface area (Å²) in [6.07, 6.45) is 0.620. The Bertz CT molecular complexity index is 849. The summed E-state index contributed by atoms with van der Waals surface area (Å²) in [6, 6.07) is 24.1. The number of fused-ring (bicyclic) bond motifs is 1. The zero-order valence-corrected chi connectivity index (χ0v) is 14.7. The molecular formula is C22H24N2O2. The van der Waals surface area contributed by atoms with E-state index < -0.39 is 0 Å². The van der Waals surface area contributed by atoms with Crippen LogP contribution in [0.1, 0.15) is 23.5 Å². The van der Waals surface area contributed by atoms with Crippen molar-refractivity contribution >= 4 is 16.8 Å². The van der Waals surface area contributed by atoms with Crippen LogP contribution in [0.3, 0.4) is 0 Å². The highest BCUT2D eigenvalue weighted by molar-refractivity contribution is 5.83. The molecule has 2 amide bonds. The number of nitrogens with one attached hydrogen (secondary N) is 2. The number of hydrogen-bond donors (Lipinski definition) is 3. The fourth-order valence-corrected chi connectivity index (χ4v) is 3.08. The molecule has 3 aromatic rings. The summed E-state index contributed by atoms with van der Waals surface area (Å²) in [5.74, 6) is 0.104. The van der Waals surface area contributed by atoms with Crippen molar-refractivity contribution in [3.8, 4) is 0 Å². The molecule has 0 aromatic heterocycles. The average molecular weight is 348 g/mol. The Morgan fingerprint density at radius 2 is 1.62 bits per heavy atom. The van der Waals surface area contributed by atoms with Crippen LogP contribution in [0.15, 0.2) is 72.8 Å². The lowest BCUT2D eigenvalue weighted by atomic mass is 9.96. The van der Waals surface area contributed by atoms with Crippen molar-refractivity contribution < 1.29 is 9.90 Å². The molecule has 3 rings (SSSR count). The van der Waals surface area contributed by atoms with Gasteiger partial charge in [0.2, 0.25) is 0 Å². The van der Waals surface area contributed by atoms with Crippen molar-refractivity contribution in [2.45, 2.75) is 18.9 Å². The minimum absolute atomic E-state index is 0.0972. The van der Waals surface area contributed by atoms with Crippen molar-refractivity contribution in [2.24, 2.45) is 0 Å². The Morgan fingerprint density at radius 3 is 2.38 bits per heavy atom. The van der Waals surface area contributed by atoms with Crippen LogP contribution in [0.5, 0.6) is 0 Å². The Balaban J connectivity index is 1.52. The molecule has 3 aromatic carbocycles. The third kappa shape index (κ3) is 4.83. The lowest BCUT2D eigenvalue weighted by molar-refractivity contribution is 0.237. The summed E-state index contributed by atoms with van der Waals surface area (Å²) < 4.78 is 0. The summed E-state index contributed by atoms with van der Waals surface area (Å²) in [5.41, 5.74) is 2.19. The van der Waals surface area contributed by atoms with E-state index in [1.807, 2.05) is 48.5 Å². The minimum Gasteiger partial charge on any atom is -0.396 e. The molecule has 0 saturated heterocycles. The van der Waals surface area contributed by atoms with E-state index in [1.54, 1.807) is 0 Å². The molecule has 0 aliphatic carbocycles. The van der Waals surface area contributed by atoms with Crippen molar-refractivity contribution in [3.63, 3.8) is 0 Å². The molecule has 26 heavy (non-hydrogen) atoms. The van der Waals surface area contributed by atoms with E-state index in [0.717, 1.165) is 11.1 Å². The Morgan fingerprint density at radius 1 is 0.885 bits per heavy atom. The molecule has 3 N–H and O–H groups in total. The van der Waals surface area contributed by atoms with Crippen LogP contribution in [0.25, 0.3) is 10.8 Å². The molecule has 134 valence electrons. The molecular weight excluding hydrogens is 324 g/mol. The van der Waals surface area contributed by atoms with Crippen LogP contribution in [0.4, 0.5) is 4.79 Å². The maximum absolute atomic E-state index is 12.1. The third-order valence-corrected chi connectivity index (χ3v) is 4.52. The van der Waals surface area contributed by atoms with Crippen LogP contribution >= 0.6 is 0 Å². The zero-order chi connectivity index (χ0) is 18.2. The molecule has 0 radical (unpaired) electrons. The van der Waals surface area contributed by atoms with Crippen LogP contribution in [0.2, 0.25) is 0 Å². The largest absolute Gasteiger partial charge is 0.396 e. The summed E-state index contributed by atoms with van der Waals surface area (Å²) >= 11 is 0. The molecule has 0 saturated carbocycles. The molecule has 4 nitrogen and oxygen atoms in total. The van der Waals surface area contributed by atoms with Gasteiger partial charge in [-0.2, -0.15) is 0 Å². The molecule has 0 aliphatic rings. The number of hydrogen-bond acceptors (Lipinski definition) is 2. The van der Waals surface area contributed by atoms with Gasteiger partial charge < -0.3 is 15.7 Å². The highest BCUT2D eigenvalue weighted by Crippen LogP contribution is 2.18. The van der Waals surface area contributed by atoms with Crippen LogP contribution in [-0.4, -0.2) is 24.3 Å². The highest BCUT2D eigenvalue weighted by atomic mass is 16.3. The first-order valence-electron chi connectivity index (χ1n) is 8.91. The van der Waals surface area contributed by atoms with Crippen LogP contribution in [0, 0.1) is 0 Å². The first-order chi connectivity index (χ1) is 12.8. The van der Waals surface area contributed by atoms with E-state index in [-0.39, 0.29) is 18.6 Å². The van der Waals surface area contributed by atoms with Gasteiger partial charge in [0.05, 0.1) is 0 Å². The third-order valence-electron chi connectivity index (χ3n) is 4.52. The second kappa shape index (κ2) is 9.02. The van der Waals surface area contributed by atoms with Crippen molar-refractivity contribution in [1.29, 1.82) is 0 Å². The van der Waals surface area contributed by atoms with Crippen LogP contribution < -0.4 is 10.6 Å². The first kappa shape index (κ1) is 18.0. The van der Waals surface area contributed by atoms with Crippen molar-refractivity contribution in [3.05, 3.63) is 83.9 Å². The predicted octanol–water partition coefficient (Wildman–Crippen LogP) is 3.81. The van der Waals surface area contributed by atoms with Gasteiger partial charge in [-0.25, -0.2) is 4.79 Å². The van der Waals surface area contributed by atoms with E-state index in [4.69, 9.17) is 0 Å². The monoisotopic (exact) mass is 348 g/mol. The fraction of sp³-hybridized carbons (Fsp3) is 0.227. The number of rotatable bonds is 7. The molecule has 0 bridgehead atoms. The zero-order valence-electron chi connectivity index (χ0n) is 14.7. The van der Waals surface area contributed by atoms with Gasteiger partial charge in [0.25, 0.3) is 0 Å². The molecule has 4 heteroatoms. The maximum atomic E-state index is 12.1. The highest BCUT2D eigenvalue weighted by Gasteiger charge is 2.12. The SMILES string of the molecule is O=C(NCc1ccc2ccccc2c1)NCC(CCO)c1ccccc1. The normalized spacial score (nSPS) is 11.9. The maximum Gasteiger partial charge on any atom is 0.315 e. The van der Waals surface area contributed by atoms with Gasteiger partial charge in [-0.05, 0) is 34.4 Å². The lowest BCUT2D eigenvalue weighted by Gasteiger charge is -2.17. The Labute approximate surface area is 153 Å². The van der Waals surface area contributed by atoms with Gasteiger partial charge in [-0.1, -0.05) is 66.7 Å². The van der Waals surface area contributed by atoms with E-state index in [0.29, 0.717) is 19.5 Å². The van der Waals surface area contributed by atoms with E-state index in [1.165, 1.54) is 10.8 Å². The number of aliphatic hydroxyl groups excluding tert-OH is 1. The number of aliphatic hydroxyl groups is 1. The minimum atomic E-state index is -0.197. The number of urea groups is 1. The van der Waals surface area contributed by atoms with Crippen molar-refractivity contribution in [1.82, 2.24) is 10.6 Å². The molecule has 1 unspecified atom stereocenters. The Hall–Kier alpha value is -2.85. The van der Waals surface area contributed by atoms with Gasteiger partial charge in [0, 0.05) is 25.6 Å². The molecule has 0 spiro atoms. The second-order valence-corrected chi connectivity index (χ2v) is 6.36. The van der Waals surface area contributed by atoms with Gasteiger partial charge in [-0.15, -0.1) is 0 Å². The second-order valence-electron chi connectivity index (χ2n) is 6.36. The summed E-state index contributed by atoms with van der Waals surface area (Å²) in [4.78, 5) is 12.1. The standard InChI is InChI=1S/C22H24N2O2/c25-13-12-21(18-6-2-1-3-7-18)16-24-22(26)23-15-17-10-11-19-8-4-5-9-20(19)14-17/h1-11,14,21,25H,12-13,15-16H2,(H2,23,24,26). The summed E-state index contributed by atoms with van der Waals surface area (Å²) in [6.45, 7) is 1.07. The van der Waals surface area contributed by atoms with E-state index in [9.17, 15) is 9.90 Å². The lowest BCUT2D eigenvalue weighted by Crippen LogP contribution is -2.37. The smallest absolute Gasteiger partial charge is 0.315 e. The molecule has 0 heterocycles. The summed E-state index contributed by atoms with van der Waals surface area (Å²) in [5, 5.41) is 17.4. The van der Waals surface area contributed by atoms with Gasteiger partial charge in [0.1, 0.15) is 0 Å². The Kier molecular flexibility index (Phi) is 6.23. The molecule has 0 aliphatic heterocycles. The average Bonchev–Trinajstić information content (AvgIpc) is 2.70. The van der Waals surface area contributed by atoms with Gasteiger partial charge in [0.15, 0.2) is 0 Å². The first-order valence-corrected chi connectivity index (χ1v) is 8.91. The fourth-order valence-electron chi connectivity index (χ4n) is 3.08. The molecule has 1 atom stereocenters. The van der Waals surface area contributed by atoms with E-state index >= 15 is 0 Å². The van der Waals surface area contributed by atoms with Gasteiger partial charge in [-0.3, -0.25) is 0 Å². The number of amides is 2. The number of carbonyl (C=O) groups excluding carboxylic acids is 1. The van der Waals surface area contributed by atoms with Crippen molar-refractivity contribution in [2.75, 3.05) is 13.2 Å². The van der Waals surface area contributed by atoms with Gasteiger partial charge >= 0.3 is 6.03 Å².